The van der Waals surface area contributed by atoms with E-state index in [2.05, 4.69) is 32.4 Å². The van der Waals surface area contributed by atoms with Crippen molar-refractivity contribution >= 4 is 27.6 Å². The van der Waals surface area contributed by atoms with Crippen LogP contribution in [0, 0.1) is 5.82 Å². The van der Waals surface area contributed by atoms with E-state index in [1.165, 1.54) is 12.3 Å². The Labute approximate surface area is 250 Å². The predicted octanol–water partition coefficient (Wildman–Crippen LogP) is 8.06. The third-order valence-corrected chi connectivity index (χ3v) is 7.74. The highest BCUT2D eigenvalue weighted by atomic mass is 79.9. The smallest absolute Gasteiger partial charge is 0.214 e. The monoisotopic (exact) mass is 612 g/mol. The number of aliphatic hydroxyl groups is 1. The molecule has 210 valence electrons. The minimum Gasteiger partial charge on any atom is -0.493 e. The second-order valence-corrected chi connectivity index (χ2v) is 10.8. The molecule has 0 amide bonds. The summed E-state index contributed by atoms with van der Waals surface area (Å²) in [5, 5.41) is 24.1. The van der Waals surface area contributed by atoms with Gasteiger partial charge in [-0.1, -0.05) is 86.0 Å². The van der Waals surface area contributed by atoms with Crippen LogP contribution >= 0.6 is 15.9 Å². The Kier molecular flexibility index (Phi) is 9.77. The number of fused-ring (bicyclic) bond motifs is 1. The van der Waals surface area contributed by atoms with Crippen LogP contribution in [0.25, 0.3) is 22.8 Å². The van der Waals surface area contributed by atoms with Crippen molar-refractivity contribution in [2.24, 2.45) is 0 Å². The molecule has 2 atom stereocenters. The average molecular weight is 614 g/mol. The lowest BCUT2D eigenvalue weighted by molar-refractivity contribution is 0.0659. The maximum Gasteiger partial charge on any atom is 0.214 e. The maximum atomic E-state index is 14.4. The number of rotatable bonds is 8. The first kappa shape index (κ1) is 30.2. The van der Waals surface area contributed by atoms with Crippen molar-refractivity contribution < 1.29 is 14.6 Å². The van der Waals surface area contributed by atoms with Crippen molar-refractivity contribution in [3.8, 4) is 17.0 Å². The first-order valence-corrected chi connectivity index (χ1v) is 14.4. The lowest BCUT2D eigenvalue weighted by Crippen LogP contribution is -2.41. The Balaban J connectivity index is 0.00000189. The predicted molar refractivity (Wildman–Crippen MR) is 168 cm³/mol. The molecule has 2 unspecified atom stereocenters. The molecular weight excluding hydrogens is 579 g/mol. The van der Waals surface area contributed by atoms with Gasteiger partial charge in [0.05, 0.1) is 4.47 Å². The fourth-order valence-corrected chi connectivity index (χ4v) is 5.38. The van der Waals surface area contributed by atoms with Gasteiger partial charge in [-0.15, -0.1) is 0 Å². The number of hydrogen-bond donors (Lipinski definition) is 2. The van der Waals surface area contributed by atoms with E-state index in [-0.39, 0.29) is 5.88 Å². The Morgan fingerprint density at radius 2 is 1.68 bits per heavy atom. The normalized spacial score (nSPS) is 14.0. The quantitative estimate of drug-likeness (QED) is 0.198. The molecule has 4 nitrogen and oxygen atoms in total. The summed E-state index contributed by atoms with van der Waals surface area (Å²) in [6.45, 7) is 4.57. The van der Waals surface area contributed by atoms with E-state index < -0.39 is 17.3 Å². The largest absolute Gasteiger partial charge is 0.493 e. The minimum atomic E-state index is -1.51. The molecule has 5 rings (SSSR count). The molecule has 1 heterocycles. The van der Waals surface area contributed by atoms with Gasteiger partial charge in [-0.25, -0.2) is 9.37 Å². The Bertz CT molecular complexity index is 1620. The van der Waals surface area contributed by atoms with E-state index in [9.17, 15) is 14.6 Å². The molecule has 0 saturated carbocycles. The van der Waals surface area contributed by atoms with Gasteiger partial charge in [0.15, 0.2) is 0 Å². The van der Waals surface area contributed by atoms with Gasteiger partial charge in [0, 0.05) is 35.4 Å². The van der Waals surface area contributed by atoms with Crippen LogP contribution in [0.5, 0.6) is 5.88 Å². The number of nitrogens with zero attached hydrogens (tertiary/aromatic N) is 2. The van der Waals surface area contributed by atoms with Crippen LogP contribution in [-0.4, -0.2) is 46.3 Å². The summed E-state index contributed by atoms with van der Waals surface area (Å²) in [7, 11) is 3.91. The molecular formula is C35H34BrFN2O2. The molecule has 4 aromatic rings. The van der Waals surface area contributed by atoms with Crippen molar-refractivity contribution in [1.82, 2.24) is 9.88 Å². The zero-order chi connectivity index (χ0) is 29.6. The van der Waals surface area contributed by atoms with Crippen molar-refractivity contribution in [3.63, 3.8) is 0 Å². The van der Waals surface area contributed by atoms with Gasteiger partial charge < -0.3 is 15.1 Å². The third kappa shape index (κ3) is 6.44. The van der Waals surface area contributed by atoms with Crippen LogP contribution in [-0.2, 0) is 0 Å². The molecule has 0 aliphatic heterocycles. The molecule has 0 radical (unpaired) electrons. The average Bonchev–Trinajstić information content (AvgIpc) is 3.00. The Morgan fingerprint density at radius 1 is 0.976 bits per heavy atom. The van der Waals surface area contributed by atoms with E-state index >= 15 is 0 Å². The first-order chi connectivity index (χ1) is 19.8. The molecule has 1 aromatic heterocycles. The summed E-state index contributed by atoms with van der Waals surface area (Å²) in [6.07, 6.45) is 3.71. The number of benzene rings is 3. The van der Waals surface area contributed by atoms with E-state index in [1.54, 1.807) is 18.2 Å². The third-order valence-electron chi connectivity index (χ3n) is 7.10. The fourth-order valence-electron chi connectivity index (χ4n) is 5.13. The minimum absolute atomic E-state index is 0.197. The van der Waals surface area contributed by atoms with Gasteiger partial charge in [0.1, 0.15) is 11.4 Å². The van der Waals surface area contributed by atoms with E-state index in [0.717, 1.165) is 16.7 Å². The molecule has 2 N–H and O–H groups in total. The number of halogens is 2. The summed E-state index contributed by atoms with van der Waals surface area (Å²) >= 11 is 3.21. The highest BCUT2D eigenvalue weighted by Crippen LogP contribution is 2.48. The van der Waals surface area contributed by atoms with Crippen molar-refractivity contribution in [2.75, 3.05) is 20.6 Å². The number of aromatic hydroxyl groups is 1. The van der Waals surface area contributed by atoms with Gasteiger partial charge in [-0.05, 0) is 83.0 Å². The van der Waals surface area contributed by atoms with E-state index in [1.807, 2.05) is 93.5 Å². The second-order valence-electron chi connectivity index (χ2n) is 9.96. The maximum absolute atomic E-state index is 14.4. The van der Waals surface area contributed by atoms with Crippen LogP contribution < -0.4 is 0 Å². The van der Waals surface area contributed by atoms with Gasteiger partial charge >= 0.3 is 0 Å². The second kappa shape index (κ2) is 13.3. The molecule has 41 heavy (non-hydrogen) atoms. The molecule has 0 spiro atoms. The lowest BCUT2D eigenvalue weighted by Gasteiger charge is -2.39. The molecule has 6 heteroatoms. The first-order valence-electron chi connectivity index (χ1n) is 13.7. The van der Waals surface area contributed by atoms with Crippen LogP contribution in [0.2, 0.25) is 0 Å². The van der Waals surface area contributed by atoms with Crippen molar-refractivity contribution in [2.45, 2.75) is 31.8 Å². The zero-order valence-electron chi connectivity index (χ0n) is 23.7. The number of aromatic nitrogens is 1. The van der Waals surface area contributed by atoms with E-state index in [0.29, 0.717) is 39.7 Å². The topological polar surface area (TPSA) is 56.6 Å². The summed E-state index contributed by atoms with van der Waals surface area (Å²) in [6, 6.07) is 24.1. The molecule has 0 saturated heterocycles. The summed E-state index contributed by atoms with van der Waals surface area (Å²) in [5.74, 6) is -1.32. The van der Waals surface area contributed by atoms with Gasteiger partial charge in [0.25, 0.3) is 0 Å². The van der Waals surface area contributed by atoms with Crippen molar-refractivity contribution in [3.05, 3.63) is 129 Å². The summed E-state index contributed by atoms with van der Waals surface area (Å²) in [5.41, 5.74) is 9.67. The molecule has 0 bridgehead atoms. The summed E-state index contributed by atoms with van der Waals surface area (Å²) < 4.78 is 14.8. The van der Waals surface area contributed by atoms with Gasteiger partial charge in [0.2, 0.25) is 5.88 Å². The highest BCUT2D eigenvalue weighted by Gasteiger charge is 2.45. The fraction of sp³-hybridized carbons (Fsp3) is 0.229. The van der Waals surface area contributed by atoms with Gasteiger partial charge in [-0.2, -0.15) is 0 Å². The summed E-state index contributed by atoms with van der Waals surface area (Å²) in [4.78, 5) is 6.32. The highest BCUT2D eigenvalue weighted by molar-refractivity contribution is 9.10. The van der Waals surface area contributed by atoms with E-state index in [4.69, 9.17) is 0 Å². The number of pyridine rings is 1. The zero-order valence-corrected chi connectivity index (χ0v) is 25.3. The lowest BCUT2D eigenvalue weighted by atomic mass is 9.69. The number of hydrogen-bond acceptors (Lipinski definition) is 4. The van der Waals surface area contributed by atoms with Crippen molar-refractivity contribution in [1.29, 1.82) is 0 Å². The van der Waals surface area contributed by atoms with Crippen LogP contribution in [0.1, 0.15) is 48.4 Å². The SMILES string of the molecule is CC.CN(C)CCC(O)(C1=C=C=Cc2ccccc21)C(c1ccccc1)c1cc(-c2ccc(Br)c(F)c2)cnc1O. The Morgan fingerprint density at radius 3 is 2.39 bits per heavy atom. The van der Waals surface area contributed by atoms with Crippen LogP contribution in [0.4, 0.5) is 4.39 Å². The molecule has 1 aliphatic rings. The molecule has 3 aromatic carbocycles. The van der Waals surface area contributed by atoms with Crippen LogP contribution in [0.15, 0.2) is 101 Å². The van der Waals surface area contributed by atoms with Crippen LogP contribution in [0.3, 0.4) is 0 Å². The molecule has 0 fully saturated rings. The standard InChI is InChI=1S/C33H28BrFN2O2.C2H6/c1-37(2)18-17-33(39,28-14-8-12-22-9-6-7-13-26(22)28)31(23-10-4-3-5-11-23)27-19-25(21-36-32(27)38)24-15-16-29(34)30(35)20-24;1-2/h3-7,9-13,15-16,19-21,31,39H,17-18H2,1-2H3,(H,36,38);1-2H3. The molecule has 1 aliphatic carbocycles. The Hall–Kier alpha value is -3.76. The van der Waals surface area contributed by atoms with Gasteiger partial charge in [-0.3, -0.25) is 0 Å².